The molecule has 4 heteroatoms. The van der Waals surface area contributed by atoms with Crippen LogP contribution in [0.1, 0.15) is 17.9 Å². The monoisotopic (exact) mass is 264 g/mol. The molecule has 0 bridgehead atoms. The lowest BCUT2D eigenvalue weighted by Crippen LogP contribution is -2.02. The van der Waals surface area contributed by atoms with Crippen LogP contribution in [-0.2, 0) is 4.79 Å². The van der Waals surface area contributed by atoms with E-state index in [2.05, 4.69) is 15.9 Å². The number of Topliss-reactive ketones (excluding diaryl/α,β-unsaturated/α-hetero) is 1. The van der Waals surface area contributed by atoms with Gasteiger partial charge >= 0.3 is 0 Å². The Kier molecular flexibility index (Phi) is 3.45. The summed E-state index contributed by atoms with van der Waals surface area (Å²) >= 11 is 8.94. The Hall–Kier alpha value is -0.410. The van der Waals surface area contributed by atoms with E-state index in [0.29, 0.717) is 10.0 Å². The average Bonchev–Trinajstić information content (AvgIpc) is 2.03. The molecule has 1 aromatic rings. The highest BCUT2D eigenvalue weighted by Gasteiger charge is 2.16. The molecule has 0 heterocycles. The number of hydrogen-bond donors (Lipinski definition) is 0. The minimum Gasteiger partial charge on any atom is -0.298 e. The van der Waals surface area contributed by atoms with Gasteiger partial charge < -0.3 is 0 Å². The fourth-order valence-corrected chi connectivity index (χ4v) is 1.83. The second-order valence-electron chi connectivity index (χ2n) is 2.64. The van der Waals surface area contributed by atoms with Gasteiger partial charge in [-0.3, -0.25) is 4.79 Å². The van der Waals surface area contributed by atoms with Crippen LogP contribution in [0.5, 0.6) is 0 Å². The Morgan fingerprint density at radius 2 is 2.23 bits per heavy atom. The van der Waals surface area contributed by atoms with E-state index < -0.39 is 5.38 Å². The number of benzene rings is 1. The van der Waals surface area contributed by atoms with Crippen LogP contribution in [0.15, 0.2) is 22.7 Å². The molecule has 1 nitrogen and oxygen atoms in total. The Balaban J connectivity index is 3.08. The second-order valence-corrected chi connectivity index (χ2v) is 3.93. The summed E-state index contributed by atoms with van der Waals surface area (Å²) in [5.74, 6) is -0.517. The van der Waals surface area contributed by atoms with Gasteiger partial charge in [0.05, 0.1) is 0 Å². The van der Waals surface area contributed by atoms with Crippen LogP contribution < -0.4 is 0 Å². The molecule has 0 aromatic heterocycles. The maximum Gasteiger partial charge on any atom is 0.152 e. The minimum atomic E-state index is -0.713. The molecule has 0 amide bonds. The molecule has 1 atom stereocenters. The van der Waals surface area contributed by atoms with Crippen molar-refractivity contribution >= 4 is 33.3 Å². The predicted molar refractivity (Wildman–Crippen MR) is 53.4 cm³/mol. The maximum atomic E-state index is 12.7. The van der Waals surface area contributed by atoms with Crippen molar-refractivity contribution in [2.75, 3.05) is 0 Å². The van der Waals surface area contributed by atoms with Crippen LogP contribution in [0, 0.1) is 5.82 Å². The van der Waals surface area contributed by atoms with E-state index in [9.17, 15) is 9.18 Å². The third-order valence-corrected chi connectivity index (χ3v) is 2.82. The quantitative estimate of drug-likeness (QED) is 0.749. The van der Waals surface area contributed by atoms with Crippen molar-refractivity contribution in [2.24, 2.45) is 0 Å². The molecular weight excluding hydrogens is 258 g/mol. The summed E-state index contributed by atoms with van der Waals surface area (Å²) in [7, 11) is 0. The van der Waals surface area contributed by atoms with Crippen LogP contribution >= 0.6 is 27.5 Å². The molecule has 1 rings (SSSR count). The first-order valence-electron chi connectivity index (χ1n) is 3.62. The van der Waals surface area contributed by atoms with Gasteiger partial charge in [-0.15, -0.1) is 11.6 Å². The summed E-state index contributed by atoms with van der Waals surface area (Å²) in [6.45, 7) is 1.40. The average molecular weight is 266 g/mol. The molecule has 0 aliphatic carbocycles. The number of rotatable bonds is 2. The Bertz CT molecular complexity index is 340. The van der Waals surface area contributed by atoms with E-state index in [-0.39, 0.29) is 11.6 Å². The van der Waals surface area contributed by atoms with Gasteiger partial charge in [-0.05, 0) is 24.6 Å². The number of carbonyl (C=O) groups excluding carboxylic acids is 1. The van der Waals surface area contributed by atoms with Crippen molar-refractivity contribution in [3.05, 3.63) is 34.1 Å². The van der Waals surface area contributed by atoms with Crippen LogP contribution in [0.25, 0.3) is 0 Å². The zero-order chi connectivity index (χ0) is 10.0. The summed E-state index contributed by atoms with van der Waals surface area (Å²) in [6.07, 6.45) is 0. The van der Waals surface area contributed by atoms with Crippen molar-refractivity contribution in [1.29, 1.82) is 0 Å². The van der Waals surface area contributed by atoms with Crippen molar-refractivity contribution in [2.45, 2.75) is 12.3 Å². The SMILES string of the molecule is CC(=O)C(Cl)c1ccc(F)cc1Br. The number of carbonyl (C=O) groups is 1. The van der Waals surface area contributed by atoms with Crippen LogP contribution in [0.2, 0.25) is 0 Å². The molecule has 0 aliphatic heterocycles. The van der Waals surface area contributed by atoms with Gasteiger partial charge in [0.2, 0.25) is 0 Å². The molecule has 13 heavy (non-hydrogen) atoms. The topological polar surface area (TPSA) is 17.1 Å². The standard InChI is InChI=1S/C9H7BrClFO/c1-5(13)9(11)7-3-2-6(12)4-8(7)10/h2-4,9H,1H3. The van der Waals surface area contributed by atoms with Crippen LogP contribution in [-0.4, -0.2) is 5.78 Å². The largest absolute Gasteiger partial charge is 0.298 e. The molecule has 0 fully saturated rings. The molecule has 70 valence electrons. The Morgan fingerprint density at radius 3 is 2.69 bits per heavy atom. The molecule has 1 unspecified atom stereocenters. The third kappa shape index (κ3) is 2.51. The number of halogens is 3. The molecular formula is C9H7BrClFO. The van der Waals surface area contributed by atoms with Crippen LogP contribution in [0.3, 0.4) is 0 Å². The summed E-state index contributed by atoms with van der Waals surface area (Å²) in [5, 5.41) is -0.713. The van der Waals surface area contributed by atoms with Gasteiger partial charge in [0, 0.05) is 4.47 Å². The summed E-state index contributed by atoms with van der Waals surface area (Å²) in [6, 6.07) is 4.06. The molecule has 0 spiro atoms. The lowest BCUT2D eigenvalue weighted by Gasteiger charge is -2.07. The van der Waals surface area contributed by atoms with E-state index in [1.807, 2.05) is 0 Å². The van der Waals surface area contributed by atoms with E-state index in [1.165, 1.54) is 25.1 Å². The predicted octanol–water partition coefficient (Wildman–Crippen LogP) is 3.46. The van der Waals surface area contributed by atoms with Gasteiger partial charge in [0.15, 0.2) is 5.78 Å². The summed E-state index contributed by atoms with van der Waals surface area (Å²) in [5.41, 5.74) is 0.593. The lowest BCUT2D eigenvalue weighted by atomic mass is 10.1. The lowest BCUT2D eigenvalue weighted by molar-refractivity contribution is -0.116. The molecule has 0 N–H and O–H groups in total. The van der Waals surface area contributed by atoms with Gasteiger partial charge in [-0.25, -0.2) is 4.39 Å². The molecule has 0 saturated carbocycles. The van der Waals surface area contributed by atoms with E-state index in [1.54, 1.807) is 0 Å². The second kappa shape index (κ2) is 4.20. The highest BCUT2D eigenvalue weighted by atomic mass is 79.9. The maximum absolute atomic E-state index is 12.7. The normalized spacial score (nSPS) is 12.6. The smallest absolute Gasteiger partial charge is 0.152 e. The molecule has 0 radical (unpaired) electrons. The zero-order valence-electron chi connectivity index (χ0n) is 6.85. The van der Waals surface area contributed by atoms with Gasteiger partial charge in [0.25, 0.3) is 0 Å². The van der Waals surface area contributed by atoms with E-state index in [4.69, 9.17) is 11.6 Å². The molecule has 0 saturated heterocycles. The highest BCUT2D eigenvalue weighted by molar-refractivity contribution is 9.10. The first-order chi connectivity index (χ1) is 6.02. The number of ketones is 1. The van der Waals surface area contributed by atoms with Gasteiger partial charge in [-0.1, -0.05) is 22.0 Å². The van der Waals surface area contributed by atoms with E-state index >= 15 is 0 Å². The summed E-state index contributed by atoms with van der Waals surface area (Å²) in [4.78, 5) is 10.9. The van der Waals surface area contributed by atoms with Gasteiger partial charge in [0.1, 0.15) is 11.2 Å². The minimum absolute atomic E-state index is 0.158. The van der Waals surface area contributed by atoms with Gasteiger partial charge in [-0.2, -0.15) is 0 Å². The van der Waals surface area contributed by atoms with Crippen molar-refractivity contribution in [3.8, 4) is 0 Å². The Morgan fingerprint density at radius 1 is 1.62 bits per heavy atom. The van der Waals surface area contributed by atoms with Crippen molar-refractivity contribution in [1.82, 2.24) is 0 Å². The first-order valence-corrected chi connectivity index (χ1v) is 4.85. The number of alkyl halides is 1. The summed E-state index contributed by atoms with van der Waals surface area (Å²) < 4.78 is 13.2. The molecule has 1 aromatic carbocycles. The number of hydrogen-bond acceptors (Lipinski definition) is 1. The zero-order valence-corrected chi connectivity index (χ0v) is 9.19. The van der Waals surface area contributed by atoms with E-state index in [0.717, 1.165) is 0 Å². The fourth-order valence-electron chi connectivity index (χ4n) is 0.926. The molecule has 0 aliphatic rings. The van der Waals surface area contributed by atoms with Crippen molar-refractivity contribution < 1.29 is 9.18 Å². The van der Waals surface area contributed by atoms with Crippen molar-refractivity contribution in [3.63, 3.8) is 0 Å². The highest BCUT2D eigenvalue weighted by Crippen LogP contribution is 2.29. The van der Waals surface area contributed by atoms with Crippen LogP contribution in [0.4, 0.5) is 4.39 Å². The Labute approximate surface area is 89.0 Å². The third-order valence-electron chi connectivity index (χ3n) is 1.59. The fraction of sp³-hybridized carbons (Fsp3) is 0.222. The first kappa shape index (κ1) is 10.7.